The molecule has 0 bridgehead atoms. The minimum absolute atomic E-state index is 0.0802. The molecule has 0 radical (unpaired) electrons. The van der Waals surface area contributed by atoms with Crippen LogP contribution in [0.5, 0.6) is 0 Å². The molecule has 0 aliphatic carbocycles. The van der Waals surface area contributed by atoms with E-state index in [9.17, 15) is 19.5 Å². The molecule has 2 unspecified atom stereocenters. The molecule has 2 aromatic rings. The lowest BCUT2D eigenvalue weighted by molar-refractivity contribution is -0.155. The summed E-state index contributed by atoms with van der Waals surface area (Å²) in [5.41, 5.74) is 1.25. The van der Waals surface area contributed by atoms with E-state index in [4.69, 9.17) is 10.00 Å². The molecule has 174 valence electrons. The van der Waals surface area contributed by atoms with Crippen molar-refractivity contribution in [2.75, 3.05) is 12.0 Å². The number of esters is 1. The van der Waals surface area contributed by atoms with Gasteiger partial charge in [0.05, 0.1) is 11.8 Å². The molecular formula is C24H21N3O5S2. The molecule has 2 amide bonds. The summed E-state index contributed by atoms with van der Waals surface area (Å²) >= 11 is 2.28. The molecule has 0 saturated carbocycles. The van der Waals surface area contributed by atoms with Crippen molar-refractivity contribution in [1.29, 1.82) is 5.26 Å². The third kappa shape index (κ3) is 4.49. The van der Waals surface area contributed by atoms with Crippen LogP contribution in [-0.4, -0.2) is 56.5 Å². The number of hydrogen-bond donors (Lipinski definition) is 2. The Labute approximate surface area is 205 Å². The van der Waals surface area contributed by atoms with Crippen LogP contribution in [0, 0.1) is 11.3 Å². The molecular weight excluding hydrogens is 474 g/mol. The van der Waals surface area contributed by atoms with E-state index in [1.165, 1.54) is 11.8 Å². The van der Waals surface area contributed by atoms with Crippen molar-refractivity contribution in [3.8, 4) is 6.07 Å². The molecule has 0 aromatic heterocycles. The van der Waals surface area contributed by atoms with Crippen LogP contribution in [0.2, 0.25) is 0 Å². The van der Waals surface area contributed by atoms with Gasteiger partial charge in [0.2, 0.25) is 5.91 Å². The smallest absolute Gasteiger partial charge is 0.359 e. The zero-order valence-electron chi connectivity index (χ0n) is 18.1. The van der Waals surface area contributed by atoms with Crippen LogP contribution in [0.15, 0.2) is 72.1 Å². The Morgan fingerprint density at radius 2 is 1.76 bits per heavy atom. The monoisotopic (exact) mass is 495 g/mol. The van der Waals surface area contributed by atoms with Crippen molar-refractivity contribution in [1.82, 2.24) is 10.2 Å². The van der Waals surface area contributed by atoms with Crippen LogP contribution in [0.3, 0.4) is 0 Å². The number of carbonyl (C=O) groups excluding carboxylic acids is 3. The number of aliphatic hydroxyl groups is 1. The lowest BCUT2D eigenvalue weighted by Gasteiger charge is -2.49. The van der Waals surface area contributed by atoms with E-state index in [1.807, 2.05) is 66.7 Å². The molecule has 8 nitrogen and oxygen atoms in total. The third-order valence-electron chi connectivity index (χ3n) is 5.46. The number of aliphatic hydroxyl groups excluding tert-OH is 1. The first kappa shape index (κ1) is 23.7. The fourth-order valence-electron chi connectivity index (χ4n) is 3.79. The molecule has 0 spiro atoms. The van der Waals surface area contributed by atoms with Crippen LogP contribution in [0.4, 0.5) is 0 Å². The second-order valence-corrected chi connectivity index (χ2v) is 9.59. The van der Waals surface area contributed by atoms with Crippen molar-refractivity contribution >= 4 is 41.3 Å². The number of amides is 2. The normalized spacial score (nSPS) is 20.1. The van der Waals surface area contributed by atoms with Crippen LogP contribution >= 0.6 is 23.5 Å². The fraction of sp³-hybridized carbons (Fsp3) is 0.250. The summed E-state index contributed by atoms with van der Waals surface area (Å²) in [5, 5.41) is 20.6. The van der Waals surface area contributed by atoms with E-state index in [2.05, 4.69) is 5.32 Å². The molecule has 10 heteroatoms. The van der Waals surface area contributed by atoms with Crippen LogP contribution < -0.4 is 5.32 Å². The van der Waals surface area contributed by atoms with Crippen LogP contribution in [0.1, 0.15) is 17.2 Å². The Morgan fingerprint density at radius 1 is 1.18 bits per heavy atom. The van der Waals surface area contributed by atoms with Gasteiger partial charge in [-0.2, -0.15) is 5.26 Å². The molecule has 1 fully saturated rings. The van der Waals surface area contributed by atoms with E-state index < -0.39 is 40.6 Å². The number of nitrogens with zero attached hydrogens (tertiary/aromatic N) is 2. The Bertz CT molecular complexity index is 1130. The zero-order valence-corrected chi connectivity index (χ0v) is 19.7. The largest absolute Gasteiger partial charge is 0.509 e. The van der Waals surface area contributed by atoms with Gasteiger partial charge in [-0.1, -0.05) is 60.7 Å². The summed E-state index contributed by atoms with van der Waals surface area (Å²) < 4.78 is 5.83. The maximum Gasteiger partial charge on any atom is 0.359 e. The first-order valence-corrected chi connectivity index (χ1v) is 12.7. The average molecular weight is 496 g/mol. The molecule has 2 aromatic carbocycles. The summed E-state index contributed by atoms with van der Waals surface area (Å²) in [4.78, 5) is 39.6. The van der Waals surface area contributed by atoms with E-state index in [1.54, 1.807) is 6.26 Å². The molecule has 3 atom stereocenters. The number of ether oxygens (including phenoxy) is 1. The number of fused-ring (bicyclic) bond motifs is 1. The quantitative estimate of drug-likeness (QED) is 0.445. The first-order valence-electron chi connectivity index (χ1n) is 10.4. The van der Waals surface area contributed by atoms with Gasteiger partial charge in [0, 0.05) is 0 Å². The number of nitrogens with one attached hydrogen (secondary N) is 1. The highest BCUT2D eigenvalue weighted by molar-refractivity contribution is 8.00. The third-order valence-corrected chi connectivity index (χ3v) is 7.52. The van der Waals surface area contributed by atoms with Gasteiger partial charge < -0.3 is 15.2 Å². The summed E-state index contributed by atoms with van der Waals surface area (Å²) in [6.45, 7) is 0. The molecule has 2 aliphatic rings. The molecule has 34 heavy (non-hydrogen) atoms. The number of benzene rings is 2. The van der Waals surface area contributed by atoms with Crippen LogP contribution in [0.25, 0.3) is 0 Å². The standard InChI is InChI=1S/C24H21N3O5S2/c1-33-17(12-25)21(29)26-18-22(30)27-19(16(28)13-34-23(18)27)24(31)32-20(14-8-4-2-5-9-14)15-10-6-3-7-11-15/h2-11,17-18,20,23,28H,13H2,1H3,(H,26,29)/t17?,18?,23-/m0/s1. The summed E-state index contributed by atoms with van der Waals surface area (Å²) in [7, 11) is 0. The van der Waals surface area contributed by atoms with Crippen molar-refractivity contribution in [2.45, 2.75) is 22.8 Å². The lowest BCUT2D eigenvalue weighted by Crippen LogP contribution is -2.71. The van der Waals surface area contributed by atoms with E-state index in [0.29, 0.717) is 0 Å². The van der Waals surface area contributed by atoms with Crippen molar-refractivity contribution < 1.29 is 24.2 Å². The zero-order chi connectivity index (χ0) is 24.2. The number of β-lactam (4-membered cyclic amide) rings is 1. The fourth-order valence-corrected chi connectivity index (χ4v) is 5.38. The predicted octanol–water partition coefficient (Wildman–Crippen LogP) is 2.74. The number of rotatable bonds is 7. The number of hydrogen-bond acceptors (Lipinski definition) is 8. The number of carbonyl (C=O) groups is 3. The maximum absolute atomic E-state index is 13.3. The van der Waals surface area contributed by atoms with Gasteiger partial charge in [-0.25, -0.2) is 4.79 Å². The Hall–Kier alpha value is -3.42. The number of thioether (sulfide) groups is 2. The topological polar surface area (TPSA) is 120 Å². The second kappa shape index (κ2) is 10.2. The Kier molecular flexibility index (Phi) is 7.14. The summed E-state index contributed by atoms with van der Waals surface area (Å²) in [6.07, 6.45) is 0.885. The lowest BCUT2D eigenvalue weighted by atomic mass is 10.0. The van der Waals surface area contributed by atoms with Gasteiger partial charge in [0.1, 0.15) is 17.2 Å². The number of nitriles is 1. The van der Waals surface area contributed by atoms with E-state index in [0.717, 1.165) is 27.8 Å². The van der Waals surface area contributed by atoms with Crippen molar-refractivity contribution in [3.63, 3.8) is 0 Å². The maximum atomic E-state index is 13.3. The molecule has 2 aliphatic heterocycles. The first-order chi connectivity index (χ1) is 16.5. The van der Waals surface area contributed by atoms with Crippen molar-refractivity contribution in [3.05, 3.63) is 83.2 Å². The van der Waals surface area contributed by atoms with Gasteiger partial charge >= 0.3 is 5.97 Å². The Morgan fingerprint density at radius 3 is 2.29 bits per heavy atom. The summed E-state index contributed by atoms with van der Waals surface area (Å²) in [5.74, 6) is -2.12. The highest BCUT2D eigenvalue weighted by atomic mass is 32.2. The van der Waals surface area contributed by atoms with Crippen molar-refractivity contribution in [2.24, 2.45) is 0 Å². The molecule has 2 heterocycles. The highest BCUT2D eigenvalue weighted by Crippen LogP contribution is 2.41. The minimum Gasteiger partial charge on any atom is -0.509 e. The molecule has 1 saturated heterocycles. The van der Waals surface area contributed by atoms with Crippen LogP contribution in [-0.2, 0) is 19.1 Å². The SMILES string of the molecule is CSC(C#N)C(=O)NC1C(=O)N2C(C(=O)OC(c3ccccc3)c3ccccc3)=C(O)CS[C@@H]12. The van der Waals surface area contributed by atoms with Gasteiger partial charge in [0.25, 0.3) is 5.91 Å². The minimum atomic E-state index is -0.943. The highest BCUT2D eigenvalue weighted by Gasteiger charge is 2.55. The molecule has 2 N–H and O–H groups in total. The van der Waals surface area contributed by atoms with Gasteiger partial charge in [-0.3, -0.25) is 14.5 Å². The van der Waals surface area contributed by atoms with E-state index >= 15 is 0 Å². The summed E-state index contributed by atoms with van der Waals surface area (Å²) in [6, 6.07) is 19.3. The van der Waals surface area contributed by atoms with E-state index in [-0.39, 0.29) is 17.2 Å². The average Bonchev–Trinajstić information content (AvgIpc) is 2.87. The van der Waals surface area contributed by atoms with Gasteiger partial charge in [-0.15, -0.1) is 23.5 Å². The second-order valence-electron chi connectivity index (χ2n) is 7.54. The Balaban J connectivity index is 1.55. The molecule has 4 rings (SSSR count). The predicted molar refractivity (Wildman–Crippen MR) is 128 cm³/mol. The van der Waals surface area contributed by atoms with Gasteiger partial charge in [-0.05, 0) is 17.4 Å². The van der Waals surface area contributed by atoms with Gasteiger partial charge in [0.15, 0.2) is 17.1 Å².